The Kier molecular flexibility index (Phi) is 5.59. The third-order valence-electron chi connectivity index (χ3n) is 4.25. The van der Waals surface area contributed by atoms with Crippen molar-refractivity contribution < 1.29 is 0 Å². The third-order valence-corrected chi connectivity index (χ3v) is 4.25. The zero-order valence-corrected chi connectivity index (χ0v) is 13.3. The maximum atomic E-state index is 5.97. The van der Waals surface area contributed by atoms with Crippen LogP contribution >= 0.6 is 0 Å². The largest absolute Gasteiger partial charge is 0.370 e. The van der Waals surface area contributed by atoms with Crippen LogP contribution in [0.5, 0.6) is 0 Å². The van der Waals surface area contributed by atoms with Gasteiger partial charge in [-0.05, 0) is 42.7 Å². The summed E-state index contributed by atoms with van der Waals surface area (Å²) >= 11 is 0. The minimum atomic E-state index is 0.418. The zero-order valence-electron chi connectivity index (χ0n) is 13.3. The molecule has 0 radical (unpaired) electrons. The molecule has 21 heavy (non-hydrogen) atoms. The smallest absolute Gasteiger partial charge is 0.188 e. The molecule has 116 valence electrons. The highest BCUT2D eigenvalue weighted by Crippen LogP contribution is 2.46. The van der Waals surface area contributed by atoms with Crippen LogP contribution in [0.1, 0.15) is 45.2 Å². The fraction of sp³-hybridized carbons (Fsp3) is 0.647. The molecular formula is C17H28N4. The van der Waals surface area contributed by atoms with Gasteiger partial charge < -0.3 is 11.1 Å². The van der Waals surface area contributed by atoms with Crippen molar-refractivity contribution in [1.29, 1.82) is 0 Å². The standard InChI is InChI=1S/C17H28N4/c1-14(2)12-17(8-5-9-17)13-21-16(18)20-11-7-15-6-3-4-10-19-15/h3-4,6,10,14H,5,7-9,11-13H2,1-2H3,(H3,18,20,21). The van der Waals surface area contributed by atoms with Crippen LogP contribution in [-0.4, -0.2) is 24.0 Å². The summed E-state index contributed by atoms with van der Waals surface area (Å²) in [6.45, 7) is 6.23. The lowest BCUT2D eigenvalue weighted by Gasteiger charge is -2.42. The summed E-state index contributed by atoms with van der Waals surface area (Å²) in [6, 6.07) is 5.96. The molecule has 3 N–H and O–H groups in total. The number of pyridine rings is 1. The normalized spacial score (nSPS) is 17.6. The minimum Gasteiger partial charge on any atom is -0.370 e. The number of guanidine groups is 1. The molecule has 0 spiro atoms. The summed E-state index contributed by atoms with van der Waals surface area (Å²) in [5.74, 6) is 1.31. The van der Waals surface area contributed by atoms with E-state index in [1.807, 2.05) is 24.4 Å². The number of aromatic nitrogens is 1. The van der Waals surface area contributed by atoms with Gasteiger partial charge in [0.15, 0.2) is 5.96 Å². The number of hydrogen-bond acceptors (Lipinski definition) is 2. The van der Waals surface area contributed by atoms with E-state index in [-0.39, 0.29) is 0 Å². The fourth-order valence-electron chi connectivity index (χ4n) is 3.14. The maximum Gasteiger partial charge on any atom is 0.188 e. The highest BCUT2D eigenvalue weighted by atomic mass is 15.1. The summed E-state index contributed by atoms with van der Waals surface area (Å²) in [7, 11) is 0. The predicted octanol–water partition coefficient (Wildman–Crippen LogP) is 2.74. The van der Waals surface area contributed by atoms with Gasteiger partial charge in [0.05, 0.1) is 0 Å². The first-order chi connectivity index (χ1) is 10.1. The average molecular weight is 288 g/mol. The van der Waals surface area contributed by atoms with Gasteiger partial charge in [0.25, 0.3) is 0 Å². The molecule has 4 heteroatoms. The second-order valence-corrected chi connectivity index (χ2v) is 6.65. The monoisotopic (exact) mass is 288 g/mol. The van der Waals surface area contributed by atoms with E-state index in [9.17, 15) is 0 Å². The first kappa shape index (κ1) is 15.8. The van der Waals surface area contributed by atoms with E-state index in [0.717, 1.165) is 31.1 Å². The Balaban J connectivity index is 1.73. The number of hydrogen-bond donors (Lipinski definition) is 2. The van der Waals surface area contributed by atoms with E-state index in [1.165, 1.54) is 25.7 Å². The number of aliphatic imine (C=N–C) groups is 1. The van der Waals surface area contributed by atoms with Gasteiger partial charge in [0.2, 0.25) is 0 Å². The van der Waals surface area contributed by atoms with Crippen molar-refractivity contribution in [3.05, 3.63) is 30.1 Å². The average Bonchev–Trinajstić information content (AvgIpc) is 2.42. The van der Waals surface area contributed by atoms with Crippen molar-refractivity contribution in [3.8, 4) is 0 Å². The lowest BCUT2D eigenvalue weighted by Crippen LogP contribution is -2.38. The SMILES string of the molecule is CC(C)CC1(CN=C(N)NCCc2ccccn2)CCC1. The molecule has 1 aliphatic rings. The van der Waals surface area contributed by atoms with Crippen molar-refractivity contribution in [2.75, 3.05) is 13.1 Å². The van der Waals surface area contributed by atoms with Gasteiger partial charge in [-0.15, -0.1) is 0 Å². The Morgan fingerprint density at radius 1 is 1.43 bits per heavy atom. The topological polar surface area (TPSA) is 63.3 Å². The van der Waals surface area contributed by atoms with Crippen molar-refractivity contribution in [1.82, 2.24) is 10.3 Å². The van der Waals surface area contributed by atoms with Crippen LogP contribution in [0.2, 0.25) is 0 Å². The molecule has 1 heterocycles. The Morgan fingerprint density at radius 2 is 2.24 bits per heavy atom. The molecule has 0 bridgehead atoms. The molecule has 2 rings (SSSR count). The van der Waals surface area contributed by atoms with Crippen molar-refractivity contribution >= 4 is 5.96 Å². The second-order valence-electron chi connectivity index (χ2n) is 6.65. The molecule has 0 aromatic carbocycles. The van der Waals surface area contributed by atoms with E-state index >= 15 is 0 Å². The Morgan fingerprint density at radius 3 is 2.81 bits per heavy atom. The summed E-state index contributed by atoms with van der Waals surface area (Å²) in [5.41, 5.74) is 7.47. The van der Waals surface area contributed by atoms with Crippen molar-refractivity contribution in [3.63, 3.8) is 0 Å². The van der Waals surface area contributed by atoms with Gasteiger partial charge in [-0.2, -0.15) is 0 Å². The molecule has 1 saturated carbocycles. The molecule has 1 aliphatic carbocycles. The van der Waals surface area contributed by atoms with Crippen LogP contribution in [-0.2, 0) is 6.42 Å². The first-order valence-electron chi connectivity index (χ1n) is 8.03. The van der Waals surface area contributed by atoms with Crippen molar-refractivity contribution in [2.24, 2.45) is 22.1 Å². The van der Waals surface area contributed by atoms with E-state index in [0.29, 0.717) is 11.4 Å². The van der Waals surface area contributed by atoms with Crippen LogP contribution in [0.4, 0.5) is 0 Å². The third kappa shape index (κ3) is 5.03. The highest BCUT2D eigenvalue weighted by Gasteiger charge is 2.37. The summed E-state index contributed by atoms with van der Waals surface area (Å²) in [6.07, 6.45) is 7.89. The van der Waals surface area contributed by atoms with Gasteiger partial charge in [-0.3, -0.25) is 9.98 Å². The van der Waals surface area contributed by atoms with Crippen molar-refractivity contribution in [2.45, 2.75) is 46.0 Å². The van der Waals surface area contributed by atoms with Crippen LogP contribution in [0.3, 0.4) is 0 Å². The summed E-state index contributed by atoms with van der Waals surface area (Å²) < 4.78 is 0. The summed E-state index contributed by atoms with van der Waals surface area (Å²) in [5, 5.41) is 3.19. The second kappa shape index (κ2) is 7.43. The molecule has 0 amide bonds. The van der Waals surface area contributed by atoms with E-state index < -0.39 is 0 Å². The molecule has 4 nitrogen and oxygen atoms in total. The highest BCUT2D eigenvalue weighted by molar-refractivity contribution is 5.77. The Labute approximate surface area is 128 Å². The van der Waals surface area contributed by atoms with Gasteiger partial charge in [0, 0.05) is 31.4 Å². The molecule has 0 saturated heterocycles. The summed E-state index contributed by atoms with van der Waals surface area (Å²) in [4.78, 5) is 8.86. The molecule has 0 aliphatic heterocycles. The fourth-order valence-corrected chi connectivity index (χ4v) is 3.14. The van der Waals surface area contributed by atoms with Gasteiger partial charge in [0.1, 0.15) is 0 Å². The minimum absolute atomic E-state index is 0.418. The molecule has 0 unspecified atom stereocenters. The Bertz CT molecular complexity index is 449. The lowest BCUT2D eigenvalue weighted by molar-refractivity contribution is 0.111. The number of rotatable bonds is 7. The number of nitrogens with zero attached hydrogens (tertiary/aromatic N) is 2. The van der Waals surface area contributed by atoms with Crippen LogP contribution < -0.4 is 11.1 Å². The van der Waals surface area contributed by atoms with Gasteiger partial charge >= 0.3 is 0 Å². The lowest BCUT2D eigenvalue weighted by atomic mass is 9.64. The van der Waals surface area contributed by atoms with Gasteiger partial charge in [-0.25, -0.2) is 0 Å². The molecule has 1 aromatic rings. The van der Waals surface area contributed by atoms with E-state index in [2.05, 4.69) is 29.1 Å². The zero-order chi connectivity index (χ0) is 15.1. The molecule has 0 atom stereocenters. The van der Waals surface area contributed by atoms with E-state index in [4.69, 9.17) is 5.73 Å². The van der Waals surface area contributed by atoms with Gasteiger partial charge in [-0.1, -0.05) is 26.3 Å². The first-order valence-corrected chi connectivity index (χ1v) is 8.03. The van der Waals surface area contributed by atoms with E-state index in [1.54, 1.807) is 0 Å². The number of nitrogens with one attached hydrogen (secondary N) is 1. The van der Waals surface area contributed by atoms with Crippen LogP contribution in [0.25, 0.3) is 0 Å². The van der Waals surface area contributed by atoms with Crippen LogP contribution in [0, 0.1) is 11.3 Å². The number of nitrogens with two attached hydrogens (primary N) is 1. The maximum absolute atomic E-state index is 5.97. The molecule has 1 fully saturated rings. The van der Waals surface area contributed by atoms with Crippen LogP contribution in [0.15, 0.2) is 29.4 Å². The Hall–Kier alpha value is -1.58. The molecular weight excluding hydrogens is 260 g/mol. The molecule has 1 aromatic heterocycles. The predicted molar refractivity (Wildman–Crippen MR) is 88.2 cm³/mol. The quantitative estimate of drug-likeness (QED) is 0.599.